The topological polar surface area (TPSA) is 53.4 Å². The van der Waals surface area contributed by atoms with E-state index in [2.05, 4.69) is 9.55 Å². The molecular weight excluding hydrogens is 232 g/mol. The van der Waals surface area contributed by atoms with Crippen molar-refractivity contribution < 1.29 is 14.3 Å². The van der Waals surface area contributed by atoms with Crippen LogP contribution in [-0.4, -0.2) is 29.7 Å². The van der Waals surface area contributed by atoms with Crippen LogP contribution in [0, 0.1) is 0 Å². The highest BCUT2D eigenvalue weighted by atomic mass is 16.5. The molecule has 94 valence electrons. The van der Waals surface area contributed by atoms with Crippen molar-refractivity contribution in [2.45, 2.75) is 18.9 Å². The Morgan fingerprint density at radius 1 is 1.39 bits per heavy atom. The van der Waals surface area contributed by atoms with Crippen LogP contribution in [0.2, 0.25) is 0 Å². The summed E-state index contributed by atoms with van der Waals surface area (Å²) >= 11 is 0. The molecule has 0 N–H and O–H groups in total. The largest absolute Gasteiger partial charge is 0.494 e. The van der Waals surface area contributed by atoms with E-state index >= 15 is 0 Å². The van der Waals surface area contributed by atoms with Gasteiger partial charge in [0.2, 0.25) is 0 Å². The first-order chi connectivity index (χ1) is 8.74. The predicted molar refractivity (Wildman–Crippen MR) is 65.9 cm³/mol. The summed E-state index contributed by atoms with van der Waals surface area (Å²) in [6.45, 7) is 0. The molecule has 0 bridgehead atoms. The zero-order valence-electron chi connectivity index (χ0n) is 10.3. The average molecular weight is 246 g/mol. The standard InChI is InChI=1S/C13H14N2O3/c1-17-11-6-8(13(16)18-2)5-10-12(11)15(7-14-10)9-3-4-9/h5-7,9H,3-4H2,1-2H3. The second kappa shape index (κ2) is 4.01. The first kappa shape index (κ1) is 11.1. The lowest BCUT2D eigenvalue weighted by atomic mass is 10.2. The monoisotopic (exact) mass is 246 g/mol. The predicted octanol–water partition coefficient (Wildman–Crippen LogP) is 2.17. The third-order valence-electron chi connectivity index (χ3n) is 3.22. The van der Waals surface area contributed by atoms with Gasteiger partial charge < -0.3 is 14.0 Å². The Bertz CT molecular complexity index is 614. The summed E-state index contributed by atoms with van der Waals surface area (Å²) < 4.78 is 12.2. The van der Waals surface area contributed by atoms with E-state index < -0.39 is 0 Å². The van der Waals surface area contributed by atoms with Crippen LogP contribution in [0.4, 0.5) is 0 Å². The molecule has 0 amide bonds. The maximum Gasteiger partial charge on any atom is 0.338 e. The molecule has 18 heavy (non-hydrogen) atoms. The lowest BCUT2D eigenvalue weighted by Crippen LogP contribution is -2.02. The molecule has 0 atom stereocenters. The minimum atomic E-state index is -0.379. The van der Waals surface area contributed by atoms with E-state index in [4.69, 9.17) is 9.47 Å². The summed E-state index contributed by atoms with van der Waals surface area (Å²) in [6, 6.07) is 3.96. The minimum Gasteiger partial charge on any atom is -0.494 e. The number of carbonyl (C=O) groups excluding carboxylic acids is 1. The number of ether oxygens (including phenoxy) is 2. The Hall–Kier alpha value is -2.04. The summed E-state index contributed by atoms with van der Waals surface area (Å²) in [5, 5.41) is 0. The highest BCUT2D eigenvalue weighted by Crippen LogP contribution is 2.39. The van der Waals surface area contributed by atoms with Crippen LogP contribution in [-0.2, 0) is 4.74 Å². The zero-order chi connectivity index (χ0) is 12.7. The van der Waals surface area contributed by atoms with Crippen LogP contribution >= 0.6 is 0 Å². The number of nitrogens with zero attached hydrogens (tertiary/aromatic N) is 2. The van der Waals surface area contributed by atoms with E-state index in [1.807, 2.05) is 6.33 Å². The summed E-state index contributed by atoms with van der Waals surface area (Å²) in [6.07, 6.45) is 4.16. The Morgan fingerprint density at radius 3 is 2.78 bits per heavy atom. The molecule has 1 heterocycles. The molecule has 0 spiro atoms. The molecule has 1 aromatic heterocycles. The summed E-state index contributed by atoms with van der Waals surface area (Å²) in [5.41, 5.74) is 2.18. The van der Waals surface area contributed by atoms with Gasteiger partial charge in [0, 0.05) is 6.04 Å². The maximum absolute atomic E-state index is 11.6. The first-order valence-electron chi connectivity index (χ1n) is 5.87. The fourth-order valence-electron chi connectivity index (χ4n) is 2.15. The Kier molecular flexibility index (Phi) is 2.47. The molecule has 1 aromatic carbocycles. The smallest absolute Gasteiger partial charge is 0.338 e. The second-order valence-electron chi connectivity index (χ2n) is 4.42. The fourth-order valence-corrected chi connectivity index (χ4v) is 2.15. The average Bonchev–Trinajstić information content (AvgIpc) is 3.16. The van der Waals surface area contributed by atoms with Crippen molar-refractivity contribution in [2.75, 3.05) is 14.2 Å². The van der Waals surface area contributed by atoms with Crippen LogP contribution in [0.3, 0.4) is 0 Å². The quantitative estimate of drug-likeness (QED) is 0.779. The van der Waals surface area contributed by atoms with Crippen molar-refractivity contribution in [1.82, 2.24) is 9.55 Å². The van der Waals surface area contributed by atoms with E-state index in [9.17, 15) is 4.79 Å². The van der Waals surface area contributed by atoms with Crippen LogP contribution in [0.15, 0.2) is 18.5 Å². The molecule has 3 rings (SSSR count). The third-order valence-corrected chi connectivity index (χ3v) is 3.22. The van der Waals surface area contributed by atoms with Gasteiger partial charge in [0.1, 0.15) is 11.3 Å². The van der Waals surface area contributed by atoms with Gasteiger partial charge in [-0.15, -0.1) is 0 Å². The number of aromatic nitrogens is 2. The van der Waals surface area contributed by atoms with E-state index in [0.717, 1.165) is 11.0 Å². The van der Waals surface area contributed by atoms with Gasteiger partial charge in [-0.25, -0.2) is 9.78 Å². The van der Waals surface area contributed by atoms with E-state index in [1.165, 1.54) is 20.0 Å². The van der Waals surface area contributed by atoms with Crippen molar-refractivity contribution in [3.63, 3.8) is 0 Å². The van der Waals surface area contributed by atoms with Gasteiger partial charge in [-0.1, -0.05) is 0 Å². The van der Waals surface area contributed by atoms with Gasteiger partial charge in [-0.3, -0.25) is 0 Å². The molecule has 0 aliphatic heterocycles. The van der Waals surface area contributed by atoms with Gasteiger partial charge in [-0.05, 0) is 25.0 Å². The van der Waals surface area contributed by atoms with Gasteiger partial charge in [0.15, 0.2) is 0 Å². The second-order valence-corrected chi connectivity index (χ2v) is 4.42. The molecule has 5 nitrogen and oxygen atoms in total. The van der Waals surface area contributed by atoms with E-state index in [1.54, 1.807) is 19.2 Å². The van der Waals surface area contributed by atoms with Crippen LogP contribution in [0.25, 0.3) is 11.0 Å². The number of fused-ring (bicyclic) bond motifs is 1. The molecule has 0 unspecified atom stereocenters. The van der Waals surface area contributed by atoms with Crippen LogP contribution in [0.1, 0.15) is 29.2 Å². The van der Waals surface area contributed by atoms with Gasteiger partial charge >= 0.3 is 5.97 Å². The highest BCUT2D eigenvalue weighted by molar-refractivity contribution is 5.96. The molecule has 1 saturated carbocycles. The SMILES string of the molecule is COC(=O)c1cc(OC)c2c(c1)ncn2C1CC1. The molecule has 1 fully saturated rings. The maximum atomic E-state index is 11.6. The first-order valence-corrected chi connectivity index (χ1v) is 5.87. The Morgan fingerprint density at radius 2 is 2.17 bits per heavy atom. The molecule has 1 aliphatic carbocycles. The fraction of sp³-hybridized carbons (Fsp3) is 0.385. The number of hydrogen-bond acceptors (Lipinski definition) is 4. The van der Waals surface area contributed by atoms with Crippen molar-refractivity contribution in [3.05, 3.63) is 24.0 Å². The van der Waals surface area contributed by atoms with E-state index in [-0.39, 0.29) is 5.97 Å². The third kappa shape index (κ3) is 1.63. The normalized spacial score (nSPS) is 14.8. The van der Waals surface area contributed by atoms with Crippen LogP contribution < -0.4 is 4.74 Å². The summed E-state index contributed by atoms with van der Waals surface area (Å²) in [4.78, 5) is 15.9. The number of methoxy groups -OCH3 is 2. The Labute approximate surface area is 104 Å². The van der Waals surface area contributed by atoms with E-state index in [0.29, 0.717) is 17.4 Å². The van der Waals surface area contributed by atoms with Crippen molar-refractivity contribution in [2.24, 2.45) is 0 Å². The molecule has 2 aromatic rings. The molecule has 0 radical (unpaired) electrons. The van der Waals surface area contributed by atoms with Crippen molar-refractivity contribution >= 4 is 17.0 Å². The minimum absolute atomic E-state index is 0.379. The molecule has 0 saturated heterocycles. The number of carbonyl (C=O) groups is 1. The van der Waals surface area contributed by atoms with Gasteiger partial charge in [-0.2, -0.15) is 0 Å². The molecular formula is C13H14N2O3. The van der Waals surface area contributed by atoms with Gasteiger partial charge in [0.05, 0.1) is 31.6 Å². The lowest BCUT2D eigenvalue weighted by Gasteiger charge is -2.08. The number of hydrogen-bond donors (Lipinski definition) is 0. The Balaban J connectivity index is 2.20. The zero-order valence-corrected chi connectivity index (χ0v) is 10.3. The van der Waals surface area contributed by atoms with Gasteiger partial charge in [0.25, 0.3) is 0 Å². The lowest BCUT2D eigenvalue weighted by molar-refractivity contribution is 0.0600. The number of benzene rings is 1. The van der Waals surface area contributed by atoms with Crippen LogP contribution in [0.5, 0.6) is 5.75 Å². The summed E-state index contributed by atoms with van der Waals surface area (Å²) in [5.74, 6) is 0.286. The number of imidazole rings is 1. The molecule has 5 heteroatoms. The van der Waals surface area contributed by atoms with Crippen molar-refractivity contribution in [3.8, 4) is 5.75 Å². The number of rotatable bonds is 3. The van der Waals surface area contributed by atoms with Crippen molar-refractivity contribution in [1.29, 1.82) is 0 Å². The highest BCUT2D eigenvalue weighted by Gasteiger charge is 2.27. The number of esters is 1. The summed E-state index contributed by atoms with van der Waals surface area (Å²) in [7, 11) is 2.96. The molecule has 1 aliphatic rings.